The van der Waals surface area contributed by atoms with Crippen LogP contribution in [0, 0.1) is 6.92 Å². The van der Waals surface area contributed by atoms with E-state index in [0.29, 0.717) is 21.8 Å². The average molecular weight is 407 g/mol. The minimum Gasteiger partial charge on any atom is -0.755 e. The van der Waals surface area contributed by atoms with Crippen molar-refractivity contribution < 1.29 is 18.7 Å². The summed E-state index contributed by atoms with van der Waals surface area (Å²) in [6, 6.07) is 13.8. The summed E-state index contributed by atoms with van der Waals surface area (Å²) in [7, 11) is 0. The van der Waals surface area contributed by atoms with Crippen LogP contribution >= 0.6 is 22.9 Å². The van der Waals surface area contributed by atoms with Crippen molar-refractivity contribution in [3.8, 4) is 21.6 Å². The van der Waals surface area contributed by atoms with Crippen molar-refractivity contribution >= 4 is 45.9 Å². The molecule has 8 heteroatoms. The maximum Gasteiger partial charge on any atom is 0.346 e. The third kappa shape index (κ3) is 3.81. The van der Waals surface area contributed by atoms with Crippen LogP contribution in [0.15, 0.2) is 48.5 Å². The molecule has 2 N–H and O–H groups in total. The van der Waals surface area contributed by atoms with Crippen LogP contribution in [0.4, 0.5) is 5.69 Å². The molecule has 0 aliphatic heterocycles. The van der Waals surface area contributed by atoms with Crippen molar-refractivity contribution in [2.24, 2.45) is 0 Å². The quantitative estimate of drug-likeness (QED) is 0.586. The highest BCUT2D eigenvalue weighted by Gasteiger charge is 2.22. The number of rotatable bonds is 5. The molecule has 0 radical (unpaired) electrons. The molecule has 0 aliphatic rings. The minimum absolute atomic E-state index is 0.237. The van der Waals surface area contributed by atoms with Gasteiger partial charge in [-0.15, -0.1) is 11.3 Å². The maximum atomic E-state index is 11.8. The summed E-state index contributed by atoms with van der Waals surface area (Å²) in [5, 5.41) is 10.2. The predicted octanol–water partition coefficient (Wildman–Crippen LogP) is 4.95. The molecule has 2 aromatic carbocycles. The molecule has 0 amide bonds. The van der Waals surface area contributed by atoms with Gasteiger partial charge in [0.05, 0.1) is 0 Å². The van der Waals surface area contributed by atoms with Crippen LogP contribution in [0.3, 0.4) is 0 Å². The fourth-order valence-electron chi connectivity index (χ4n) is 2.69. The van der Waals surface area contributed by atoms with Gasteiger partial charge in [0.2, 0.25) is 0 Å². The van der Waals surface area contributed by atoms with Gasteiger partial charge in [-0.25, -0.2) is 4.79 Å². The van der Waals surface area contributed by atoms with E-state index >= 15 is 0 Å². The van der Waals surface area contributed by atoms with Crippen molar-refractivity contribution in [3.63, 3.8) is 0 Å². The van der Waals surface area contributed by atoms with Crippen LogP contribution < -0.4 is 4.72 Å². The highest BCUT2D eigenvalue weighted by Crippen LogP contribution is 2.42. The number of carbonyl (C=O) groups is 1. The third-order valence-corrected chi connectivity index (χ3v) is 5.81. The number of anilines is 1. The molecule has 1 aromatic heterocycles. The first-order chi connectivity index (χ1) is 12.4. The number of carboxylic acid groups (broad SMARTS) is 1. The zero-order valence-corrected chi connectivity index (χ0v) is 15.9. The molecule has 3 aromatic rings. The Bertz CT molecular complexity index is 982. The fraction of sp³-hybridized carbons (Fsp3) is 0.0556. The molecular formula is C18H13ClNO4S2-. The molecule has 26 heavy (non-hydrogen) atoms. The number of nitrogens with one attached hydrogen (secondary N) is 1. The van der Waals surface area contributed by atoms with E-state index in [2.05, 4.69) is 4.72 Å². The summed E-state index contributed by atoms with van der Waals surface area (Å²) in [5.41, 5.74) is 3.49. The Morgan fingerprint density at radius 1 is 1.12 bits per heavy atom. The lowest BCUT2D eigenvalue weighted by Crippen LogP contribution is -2.02. The van der Waals surface area contributed by atoms with Gasteiger partial charge in [-0.05, 0) is 47.9 Å². The van der Waals surface area contributed by atoms with Crippen molar-refractivity contribution in [2.45, 2.75) is 6.92 Å². The van der Waals surface area contributed by atoms with Crippen LogP contribution in [-0.4, -0.2) is 19.8 Å². The largest absolute Gasteiger partial charge is 0.755 e. The van der Waals surface area contributed by atoms with E-state index in [4.69, 9.17) is 11.6 Å². The smallest absolute Gasteiger partial charge is 0.346 e. The van der Waals surface area contributed by atoms with Gasteiger partial charge in [0.1, 0.15) is 4.88 Å². The number of hydrogen-bond donors (Lipinski definition) is 2. The number of hydrogen-bond acceptors (Lipinski definition) is 4. The standard InChI is InChI=1S/C18H14ClNO4S2/c1-10-15(11-4-8-14(9-5-11)20-26(23)24)17(18(21)22)25-16(10)12-2-6-13(19)7-3-12/h2-9,20H,1H3,(H,21,22)(H,23,24)/p-1. The Morgan fingerprint density at radius 2 is 1.69 bits per heavy atom. The first-order valence-corrected chi connectivity index (χ1v) is 9.72. The Morgan fingerprint density at radius 3 is 2.23 bits per heavy atom. The number of halogens is 1. The van der Waals surface area contributed by atoms with Gasteiger partial charge in [-0.3, -0.25) is 4.21 Å². The SMILES string of the molecule is Cc1c(-c2ccc(Cl)cc2)sc(C(=O)O)c1-c1ccc(NS(=O)[O-])cc1. The molecular weight excluding hydrogens is 394 g/mol. The lowest BCUT2D eigenvalue weighted by Gasteiger charge is -2.10. The second kappa shape index (κ2) is 7.59. The summed E-state index contributed by atoms with van der Waals surface area (Å²) < 4.78 is 23.7. The van der Waals surface area contributed by atoms with Crippen LogP contribution in [0.2, 0.25) is 5.02 Å². The summed E-state index contributed by atoms with van der Waals surface area (Å²) in [6.07, 6.45) is 0. The lowest BCUT2D eigenvalue weighted by molar-refractivity contribution is 0.0703. The topological polar surface area (TPSA) is 89.5 Å². The van der Waals surface area contributed by atoms with Crippen molar-refractivity contribution in [3.05, 3.63) is 64.0 Å². The molecule has 0 saturated carbocycles. The van der Waals surface area contributed by atoms with E-state index in [9.17, 15) is 18.7 Å². The molecule has 0 fully saturated rings. The Labute approximate surface area is 161 Å². The van der Waals surface area contributed by atoms with Gasteiger partial charge >= 0.3 is 5.97 Å². The molecule has 1 heterocycles. The molecule has 134 valence electrons. The molecule has 0 spiro atoms. The summed E-state index contributed by atoms with van der Waals surface area (Å²) in [6.45, 7) is 1.88. The van der Waals surface area contributed by atoms with Gasteiger partial charge in [0.25, 0.3) is 0 Å². The third-order valence-electron chi connectivity index (χ3n) is 3.82. The van der Waals surface area contributed by atoms with E-state index in [1.54, 1.807) is 36.4 Å². The Balaban J connectivity index is 2.10. The number of thiophene rings is 1. The molecule has 5 nitrogen and oxygen atoms in total. The summed E-state index contributed by atoms with van der Waals surface area (Å²) in [5.74, 6) is -1.00. The summed E-state index contributed by atoms with van der Waals surface area (Å²) in [4.78, 5) is 12.8. The molecule has 0 saturated heterocycles. The van der Waals surface area contributed by atoms with Crippen molar-refractivity contribution in [1.82, 2.24) is 0 Å². The van der Waals surface area contributed by atoms with Crippen LogP contribution in [0.25, 0.3) is 21.6 Å². The highest BCUT2D eigenvalue weighted by atomic mass is 35.5. The molecule has 0 aliphatic carbocycles. The number of carboxylic acids is 1. The Hall–Kier alpha value is -2.19. The van der Waals surface area contributed by atoms with Gasteiger partial charge in [0, 0.05) is 32.4 Å². The van der Waals surface area contributed by atoms with Crippen molar-refractivity contribution in [1.29, 1.82) is 0 Å². The second-order valence-corrected chi connectivity index (χ2v) is 7.62. The monoisotopic (exact) mass is 406 g/mol. The van der Waals surface area contributed by atoms with Crippen LogP contribution in [0.5, 0.6) is 0 Å². The molecule has 0 bridgehead atoms. The highest BCUT2D eigenvalue weighted by molar-refractivity contribution is 7.80. The maximum absolute atomic E-state index is 11.8. The zero-order chi connectivity index (χ0) is 18.8. The number of aromatic carboxylic acids is 1. The van der Waals surface area contributed by atoms with Gasteiger partial charge < -0.3 is 14.4 Å². The normalized spacial score (nSPS) is 12.0. The van der Waals surface area contributed by atoms with E-state index < -0.39 is 17.2 Å². The zero-order valence-electron chi connectivity index (χ0n) is 13.5. The van der Waals surface area contributed by atoms with Crippen LogP contribution in [-0.2, 0) is 11.3 Å². The average Bonchev–Trinajstić information content (AvgIpc) is 2.93. The Kier molecular flexibility index (Phi) is 5.43. The predicted molar refractivity (Wildman–Crippen MR) is 104 cm³/mol. The van der Waals surface area contributed by atoms with E-state index in [1.807, 2.05) is 19.1 Å². The fourth-order valence-corrected chi connectivity index (χ4v) is 4.32. The van der Waals surface area contributed by atoms with Gasteiger partial charge in [0.15, 0.2) is 0 Å². The summed E-state index contributed by atoms with van der Waals surface area (Å²) >= 11 is 4.73. The molecule has 1 atom stereocenters. The van der Waals surface area contributed by atoms with E-state index in [0.717, 1.165) is 16.0 Å². The lowest BCUT2D eigenvalue weighted by atomic mass is 9.99. The minimum atomic E-state index is -2.41. The van der Waals surface area contributed by atoms with Crippen molar-refractivity contribution in [2.75, 3.05) is 4.72 Å². The molecule has 3 rings (SSSR count). The number of benzene rings is 2. The second-order valence-electron chi connectivity index (χ2n) is 5.49. The first kappa shape index (κ1) is 18.6. The van der Waals surface area contributed by atoms with Gasteiger partial charge in [-0.2, -0.15) is 0 Å². The van der Waals surface area contributed by atoms with Crippen LogP contribution in [0.1, 0.15) is 15.2 Å². The first-order valence-electron chi connectivity index (χ1n) is 7.46. The van der Waals surface area contributed by atoms with E-state index in [-0.39, 0.29) is 4.88 Å². The van der Waals surface area contributed by atoms with E-state index in [1.165, 1.54) is 11.3 Å². The van der Waals surface area contributed by atoms with Gasteiger partial charge in [-0.1, -0.05) is 35.9 Å². The molecule has 1 unspecified atom stereocenters.